The van der Waals surface area contributed by atoms with Crippen LogP contribution in [0.15, 0.2) is 59.6 Å². The molecule has 32 heavy (non-hydrogen) atoms. The van der Waals surface area contributed by atoms with Crippen molar-refractivity contribution < 1.29 is 17.9 Å². The molecular formula is C20H18ClFN5NaO3S. The molecule has 0 unspecified atom stereocenters. The zero-order valence-corrected chi connectivity index (χ0v) is 18.0. The third-order valence-corrected chi connectivity index (χ3v) is 6.16. The van der Waals surface area contributed by atoms with Gasteiger partial charge < -0.3 is 5.11 Å². The zero-order chi connectivity index (χ0) is 22.4. The molecule has 0 saturated heterocycles. The van der Waals surface area contributed by atoms with Crippen molar-refractivity contribution in [2.45, 2.75) is 24.3 Å². The minimum absolute atomic E-state index is 0. The molecule has 8 nitrogen and oxygen atoms in total. The Hall–Kier alpha value is -2.08. The van der Waals surface area contributed by atoms with Crippen LogP contribution in [0.5, 0.6) is 0 Å². The molecule has 0 aliphatic heterocycles. The minimum atomic E-state index is -4.17. The second-order valence-electron chi connectivity index (χ2n) is 7.32. The predicted molar refractivity (Wildman–Crippen MR) is 121 cm³/mol. The van der Waals surface area contributed by atoms with Gasteiger partial charge in [0, 0.05) is 16.8 Å². The molecular weight excluding hydrogens is 468 g/mol. The van der Waals surface area contributed by atoms with Gasteiger partial charge in [0.15, 0.2) is 0 Å². The summed E-state index contributed by atoms with van der Waals surface area (Å²) in [4.78, 5) is 3.81. The maximum absolute atomic E-state index is 14.4. The Morgan fingerprint density at radius 3 is 2.59 bits per heavy atom. The Kier molecular flexibility index (Phi) is 6.94. The van der Waals surface area contributed by atoms with Crippen molar-refractivity contribution in [3.05, 3.63) is 71.1 Å². The molecule has 4 aromatic rings. The van der Waals surface area contributed by atoms with Crippen molar-refractivity contribution >= 4 is 68.0 Å². The van der Waals surface area contributed by atoms with E-state index in [1.165, 1.54) is 48.9 Å². The van der Waals surface area contributed by atoms with Gasteiger partial charge in [0.2, 0.25) is 5.65 Å². The number of pyridine rings is 1. The van der Waals surface area contributed by atoms with Crippen molar-refractivity contribution in [2.24, 2.45) is 0 Å². The van der Waals surface area contributed by atoms with E-state index in [1.807, 2.05) is 0 Å². The Labute approximate surface area is 210 Å². The molecule has 162 valence electrons. The number of aromatic nitrogens is 4. The molecule has 0 radical (unpaired) electrons. The number of anilines is 1. The number of rotatable bonds is 5. The number of benzene rings is 2. The molecule has 2 heterocycles. The van der Waals surface area contributed by atoms with E-state index in [0.29, 0.717) is 21.9 Å². The number of sulfonamides is 1. The van der Waals surface area contributed by atoms with Crippen LogP contribution in [0.3, 0.4) is 0 Å². The molecule has 0 aliphatic carbocycles. The van der Waals surface area contributed by atoms with Gasteiger partial charge in [-0.25, -0.2) is 22.5 Å². The summed E-state index contributed by atoms with van der Waals surface area (Å²) in [6, 6.07) is 11.3. The van der Waals surface area contributed by atoms with E-state index in [4.69, 9.17) is 11.6 Å². The molecule has 0 spiro atoms. The first kappa shape index (κ1) is 24.6. The third kappa shape index (κ3) is 4.80. The summed E-state index contributed by atoms with van der Waals surface area (Å²) >= 11 is 6.13. The number of hydrogen-bond acceptors (Lipinski definition) is 6. The van der Waals surface area contributed by atoms with Gasteiger partial charge in [0.25, 0.3) is 10.0 Å². The van der Waals surface area contributed by atoms with Crippen LogP contribution in [0.25, 0.3) is 16.9 Å². The first-order chi connectivity index (χ1) is 14.6. The fourth-order valence-corrected chi connectivity index (χ4v) is 4.33. The maximum atomic E-state index is 14.4. The van der Waals surface area contributed by atoms with Crippen LogP contribution in [0.1, 0.15) is 19.4 Å². The molecule has 2 N–H and O–H groups in total. The predicted octanol–water partition coefficient (Wildman–Crippen LogP) is 2.99. The monoisotopic (exact) mass is 485 g/mol. The van der Waals surface area contributed by atoms with Gasteiger partial charge in [-0.15, -0.1) is 5.10 Å². The van der Waals surface area contributed by atoms with Crippen molar-refractivity contribution in [1.82, 2.24) is 20.0 Å². The normalized spacial score (nSPS) is 11.9. The molecule has 0 atom stereocenters. The molecule has 0 aliphatic rings. The summed E-state index contributed by atoms with van der Waals surface area (Å²) in [6.45, 7) is 2.82. The second kappa shape index (κ2) is 9.05. The summed E-state index contributed by atoms with van der Waals surface area (Å²) in [6.07, 6.45) is 1.56. The number of halogens is 2. The van der Waals surface area contributed by atoms with Crippen LogP contribution in [0, 0.1) is 5.82 Å². The molecule has 0 amide bonds. The number of hydrogen-bond donors (Lipinski definition) is 2. The topological polar surface area (TPSA) is 110 Å². The van der Waals surface area contributed by atoms with E-state index >= 15 is 0 Å². The molecule has 0 bridgehead atoms. The van der Waals surface area contributed by atoms with Gasteiger partial charge in [0.1, 0.15) is 11.3 Å². The van der Waals surface area contributed by atoms with Gasteiger partial charge in [-0.1, -0.05) is 22.9 Å². The van der Waals surface area contributed by atoms with Gasteiger partial charge in [-0.3, -0.25) is 4.72 Å². The van der Waals surface area contributed by atoms with E-state index in [2.05, 4.69) is 20.0 Å². The number of aliphatic hydroxyl groups is 1. The second-order valence-corrected chi connectivity index (χ2v) is 9.43. The summed E-state index contributed by atoms with van der Waals surface area (Å²) in [5, 5.41) is 18.4. The van der Waals surface area contributed by atoms with Crippen LogP contribution >= 0.6 is 11.6 Å². The van der Waals surface area contributed by atoms with E-state index < -0.39 is 21.4 Å². The molecule has 0 saturated carbocycles. The molecule has 4 rings (SSSR count). The van der Waals surface area contributed by atoms with E-state index in [9.17, 15) is 17.9 Å². The van der Waals surface area contributed by atoms with Crippen molar-refractivity contribution in [3.8, 4) is 5.69 Å². The molecule has 2 aromatic carbocycles. The van der Waals surface area contributed by atoms with E-state index in [0.717, 1.165) is 6.07 Å². The molecule has 0 fully saturated rings. The van der Waals surface area contributed by atoms with Crippen LogP contribution in [0.4, 0.5) is 10.1 Å². The average molecular weight is 486 g/mol. The van der Waals surface area contributed by atoms with Gasteiger partial charge >= 0.3 is 29.6 Å². The third-order valence-electron chi connectivity index (χ3n) is 4.57. The SMILES string of the molecule is CC(C)(O)c1ccc(S(=O)(=O)Nc2ccc(Cl)cc2-n2nnc3ncccc32)cc1F.[NaH]. The van der Waals surface area contributed by atoms with Crippen LogP contribution in [0.2, 0.25) is 5.02 Å². The van der Waals surface area contributed by atoms with Crippen LogP contribution in [-0.2, 0) is 15.6 Å². The first-order valence-corrected chi connectivity index (χ1v) is 10.9. The molecule has 2 aromatic heterocycles. The number of nitrogens with zero attached hydrogens (tertiary/aromatic N) is 4. The van der Waals surface area contributed by atoms with Crippen LogP contribution in [-0.4, -0.2) is 63.1 Å². The summed E-state index contributed by atoms with van der Waals surface area (Å²) < 4.78 is 44.2. The Bertz CT molecular complexity index is 1410. The average Bonchev–Trinajstić information content (AvgIpc) is 3.12. The summed E-state index contributed by atoms with van der Waals surface area (Å²) in [5.41, 5.74) is -0.0653. The fourth-order valence-electron chi connectivity index (χ4n) is 3.07. The molecule has 12 heteroatoms. The number of fused-ring (bicyclic) bond motifs is 1. The van der Waals surface area contributed by atoms with Crippen LogP contribution < -0.4 is 4.72 Å². The first-order valence-electron chi connectivity index (χ1n) is 9.08. The fraction of sp³-hybridized carbons (Fsp3) is 0.150. The van der Waals surface area contributed by atoms with Gasteiger partial charge in [-0.05, 0) is 56.3 Å². The summed E-state index contributed by atoms with van der Waals surface area (Å²) in [7, 11) is -4.17. The Morgan fingerprint density at radius 2 is 1.91 bits per heavy atom. The van der Waals surface area contributed by atoms with Gasteiger partial charge in [0.05, 0.1) is 21.9 Å². The number of nitrogens with one attached hydrogen (secondary N) is 1. The quantitative estimate of drug-likeness (QED) is 0.420. The van der Waals surface area contributed by atoms with E-state index in [-0.39, 0.29) is 45.7 Å². The van der Waals surface area contributed by atoms with Crippen molar-refractivity contribution in [2.75, 3.05) is 4.72 Å². The summed E-state index contributed by atoms with van der Waals surface area (Å²) in [5.74, 6) is -0.833. The Balaban J connectivity index is 0.00000289. The van der Waals surface area contributed by atoms with Crippen molar-refractivity contribution in [1.29, 1.82) is 0 Å². The van der Waals surface area contributed by atoms with Gasteiger partial charge in [-0.2, -0.15) is 0 Å². The Morgan fingerprint density at radius 1 is 1.16 bits per heavy atom. The zero-order valence-electron chi connectivity index (χ0n) is 16.4. The van der Waals surface area contributed by atoms with Crippen molar-refractivity contribution in [3.63, 3.8) is 0 Å². The van der Waals surface area contributed by atoms with E-state index in [1.54, 1.807) is 18.3 Å². The standard InChI is InChI=1S/C20H17ClFN5O3S.Na.H/c1-20(2,28)14-7-6-13(11-15(14)22)31(29,30)25-16-8-5-12(21)10-18(16)27-17-4-3-9-23-19(17)24-26-27;;/h3-11,25,28H,1-2H3;;.